The van der Waals surface area contributed by atoms with Crippen LogP contribution in [0.4, 0.5) is 5.95 Å². The molecule has 8 heteroatoms. The number of aromatic nitrogens is 2. The second-order valence-corrected chi connectivity index (χ2v) is 5.98. The third-order valence-corrected chi connectivity index (χ3v) is 4.18. The topological polar surface area (TPSA) is 71.0 Å². The Balaban J connectivity index is 0.00000243. The summed E-state index contributed by atoms with van der Waals surface area (Å²) < 4.78 is 10.7. The molecule has 1 aliphatic heterocycles. The molecule has 0 aliphatic carbocycles. The van der Waals surface area contributed by atoms with Crippen LogP contribution in [0.1, 0.15) is 0 Å². The molecular weight excluding hydrogens is 356 g/mol. The van der Waals surface area contributed by atoms with E-state index in [4.69, 9.17) is 9.47 Å². The van der Waals surface area contributed by atoms with Crippen molar-refractivity contribution in [3.63, 3.8) is 0 Å². The number of aliphatic hydroxyl groups excluding tert-OH is 1. The van der Waals surface area contributed by atoms with E-state index in [0.29, 0.717) is 6.54 Å². The monoisotopic (exact) mass is 379 g/mol. The molecule has 0 amide bonds. The molecule has 1 N–H and O–H groups in total. The molecule has 142 valence electrons. The molecule has 0 saturated carbocycles. The lowest BCUT2D eigenvalue weighted by molar-refractivity contribution is -0.00000786. The summed E-state index contributed by atoms with van der Waals surface area (Å²) in [5.41, 5.74) is 0. The van der Waals surface area contributed by atoms with Gasteiger partial charge in [0, 0.05) is 45.1 Å². The van der Waals surface area contributed by atoms with Crippen molar-refractivity contribution in [2.24, 2.45) is 0 Å². The number of hydrogen-bond acceptors (Lipinski definition) is 7. The largest absolute Gasteiger partial charge is 1.00 e. The Labute approximate surface area is 160 Å². The Hall–Kier alpha value is -2.09. The molecular formula is C18H24ClN4O3-. The van der Waals surface area contributed by atoms with Crippen molar-refractivity contribution in [1.82, 2.24) is 14.9 Å². The number of methoxy groups -OCH3 is 1. The number of nitrogens with zero attached hydrogens (tertiary/aromatic N) is 4. The molecule has 1 fully saturated rings. The van der Waals surface area contributed by atoms with Gasteiger partial charge in [0.05, 0.1) is 7.11 Å². The van der Waals surface area contributed by atoms with Crippen molar-refractivity contribution in [2.75, 3.05) is 51.3 Å². The summed E-state index contributed by atoms with van der Waals surface area (Å²) in [6, 6.07) is 9.17. The van der Waals surface area contributed by atoms with Crippen molar-refractivity contribution in [3.05, 3.63) is 42.7 Å². The van der Waals surface area contributed by atoms with Gasteiger partial charge in [-0.05, 0) is 30.3 Å². The average molecular weight is 380 g/mol. The zero-order valence-corrected chi connectivity index (χ0v) is 15.5. The first-order valence-corrected chi connectivity index (χ1v) is 8.44. The Morgan fingerprint density at radius 1 is 1.04 bits per heavy atom. The summed E-state index contributed by atoms with van der Waals surface area (Å²) in [4.78, 5) is 13.0. The Bertz CT molecular complexity index is 637. The summed E-state index contributed by atoms with van der Waals surface area (Å²) in [6.07, 6.45) is 2.99. The second kappa shape index (κ2) is 10.2. The average Bonchev–Trinajstić information content (AvgIpc) is 2.68. The van der Waals surface area contributed by atoms with E-state index in [9.17, 15) is 5.11 Å². The number of halogens is 1. The molecule has 0 radical (unpaired) electrons. The molecule has 1 unspecified atom stereocenters. The van der Waals surface area contributed by atoms with Crippen molar-refractivity contribution < 1.29 is 27.0 Å². The van der Waals surface area contributed by atoms with E-state index in [-0.39, 0.29) is 19.0 Å². The number of anilines is 1. The lowest BCUT2D eigenvalue weighted by atomic mass is 10.2. The van der Waals surface area contributed by atoms with Crippen molar-refractivity contribution >= 4 is 5.95 Å². The number of aliphatic hydroxyl groups is 1. The summed E-state index contributed by atoms with van der Waals surface area (Å²) in [7, 11) is 1.63. The molecule has 1 aliphatic rings. The molecule has 1 atom stereocenters. The highest BCUT2D eigenvalue weighted by Crippen LogP contribution is 2.17. The summed E-state index contributed by atoms with van der Waals surface area (Å²) in [5.74, 6) is 2.28. The summed E-state index contributed by atoms with van der Waals surface area (Å²) >= 11 is 0. The molecule has 0 spiro atoms. The van der Waals surface area contributed by atoms with Crippen LogP contribution in [0.5, 0.6) is 11.5 Å². The maximum atomic E-state index is 10.2. The number of β-amino-alcohol motifs (C(OH)–C–C–N with tert-alkyl or cyclic N) is 1. The molecule has 1 saturated heterocycles. The van der Waals surface area contributed by atoms with Gasteiger partial charge in [0.25, 0.3) is 0 Å². The SMILES string of the molecule is COc1ccc(OCC(O)CN2CCN(c3ncccn3)CC2)cc1.[Cl-]. The van der Waals surface area contributed by atoms with E-state index in [1.165, 1.54) is 0 Å². The zero-order chi connectivity index (χ0) is 17.5. The highest BCUT2D eigenvalue weighted by Gasteiger charge is 2.20. The first kappa shape index (κ1) is 20.2. The van der Waals surface area contributed by atoms with Gasteiger partial charge in [-0.25, -0.2) is 9.97 Å². The van der Waals surface area contributed by atoms with Crippen LogP contribution in [0.3, 0.4) is 0 Å². The van der Waals surface area contributed by atoms with Crippen LogP contribution in [-0.4, -0.2) is 72.5 Å². The minimum absolute atomic E-state index is 0. The third-order valence-electron chi connectivity index (χ3n) is 4.18. The predicted molar refractivity (Wildman–Crippen MR) is 95.2 cm³/mol. The van der Waals surface area contributed by atoms with Crippen LogP contribution in [0, 0.1) is 0 Å². The van der Waals surface area contributed by atoms with E-state index in [1.54, 1.807) is 19.5 Å². The van der Waals surface area contributed by atoms with Gasteiger partial charge in [-0.3, -0.25) is 4.90 Å². The third kappa shape index (κ3) is 5.72. The molecule has 2 aromatic rings. The fourth-order valence-electron chi connectivity index (χ4n) is 2.80. The van der Waals surface area contributed by atoms with Crippen LogP contribution < -0.4 is 26.8 Å². The Morgan fingerprint density at radius 2 is 1.65 bits per heavy atom. The second-order valence-electron chi connectivity index (χ2n) is 5.98. The normalized spacial score (nSPS) is 15.8. The molecule has 3 rings (SSSR count). The van der Waals surface area contributed by atoms with Crippen LogP contribution >= 0.6 is 0 Å². The quantitative estimate of drug-likeness (QED) is 0.599. The van der Waals surface area contributed by atoms with E-state index < -0.39 is 6.10 Å². The summed E-state index contributed by atoms with van der Waals surface area (Å²) in [5, 5.41) is 10.2. The first-order chi connectivity index (χ1) is 12.2. The highest BCUT2D eigenvalue weighted by molar-refractivity contribution is 5.31. The molecule has 0 bridgehead atoms. The molecule has 1 aromatic carbocycles. The number of benzene rings is 1. The standard InChI is InChI=1S/C18H24N4O3.ClH/c1-24-16-3-5-17(6-4-16)25-14-15(23)13-21-9-11-22(12-10-21)18-19-7-2-8-20-18;/h2-8,15,23H,9-14H2,1H3;1H/p-1. The molecule has 2 heterocycles. The lowest BCUT2D eigenvalue weighted by Gasteiger charge is -2.35. The maximum Gasteiger partial charge on any atom is 0.225 e. The molecule has 26 heavy (non-hydrogen) atoms. The van der Waals surface area contributed by atoms with Crippen molar-refractivity contribution in [2.45, 2.75) is 6.10 Å². The number of ether oxygens (including phenoxy) is 2. The first-order valence-electron chi connectivity index (χ1n) is 8.44. The lowest BCUT2D eigenvalue weighted by Crippen LogP contribution is -3.00. The van der Waals surface area contributed by atoms with Crippen LogP contribution in [0.2, 0.25) is 0 Å². The van der Waals surface area contributed by atoms with Gasteiger partial charge >= 0.3 is 0 Å². The van der Waals surface area contributed by atoms with Gasteiger partial charge in [0.15, 0.2) is 0 Å². The van der Waals surface area contributed by atoms with Crippen molar-refractivity contribution in [3.8, 4) is 11.5 Å². The fraction of sp³-hybridized carbons (Fsp3) is 0.444. The smallest absolute Gasteiger partial charge is 0.225 e. The fourth-order valence-corrected chi connectivity index (χ4v) is 2.80. The van der Waals surface area contributed by atoms with E-state index in [0.717, 1.165) is 43.6 Å². The minimum Gasteiger partial charge on any atom is -1.00 e. The number of rotatable bonds is 7. The maximum absolute atomic E-state index is 10.2. The zero-order valence-electron chi connectivity index (χ0n) is 14.8. The minimum atomic E-state index is -0.526. The van der Waals surface area contributed by atoms with Crippen LogP contribution in [0.15, 0.2) is 42.7 Å². The Kier molecular flexibility index (Phi) is 7.90. The Morgan fingerprint density at radius 3 is 2.27 bits per heavy atom. The number of piperazine rings is 1. The number of hydrogen-bond donors (Lipinski definition) is 1. The van der Waals surface area contributed by atoms with Gasteiger partial charge in [0.2, 0.25) is 5.95 Å². The van der Waals surface area contributed by atoms with E-state index in [2.05, 4.69) is 19.8 Å². The summed E-state index contributed by atoms with van der Waals surface area (Å²) in [6.45, 7) is 4.33. The van der Waals surface area contributed by atoms with E-state index >= 15 is 0 Å². The van der Waals surface area contributed by atoms with Gasteiger partial charge in [-0.15, -0.1) is 0 Å². The van der Waals surface area contributed by atoms with Gasteiger partial charge in [0.1, 0.15) is 24.2 Å². The molecule has 7 nitrogen and oxygen atoms in total. The van der Waals surface area contributed by atoms with Crippen molar-refractivity contribution in [1.29, 1.82) is 0 Å². The van der Waals surface area contributed by atoms with E-state index in [1.807, 2.05) is 30.3 Å². The highest BCUT2D eigenvalue weighted by atomic mass is 35.5. The van der Waals surface area contributed by atoms with Gasteiger partial charge < -0.3 is 31.9 Å². The predicted octanol–water partition coefficient (Wildman–Crippen LogP) is -1.95. The molecule has 1 aromatic heterocycles. The van der Waals surface area contributed by atoms with Crippen LogP contribution in [0.25, 0.3) is 0 Å². The van der Waals surface area contributed by atoms with Gasteiger partial charge in [-0.1, -0.05) is 0 Å². The van der Waals surface area contributed by atoms with Crippen LogP contribution in [-0.2, 0) is 0 Å². The van der Waals surface area contributed by atoms with Gasteiger partial charge in [-0.2, -0.15) is 0 Å².